The summed E-state index contributed by atoms with van der Waals surface area (Å²) in [5.41, 5.74) is 1.88. The molecule has 0 saturated carbocycles. The number of nitrogens with zero attached hydrogens (tertiary/aromatic N) is 3. The lowest BCUT2D eigenvalue weighted by molar-refractivity contribution is 0.0785. The minimum Gasteiger partial charge on any atom is -0.337 e. The smallest absolute Gasteiger partial charge is 0.253 e. The molecule has 0 atom stereocenters. The number of carbonyl (C=O) groups excluding carboxylic acids is 1. The standard InChI is InChI=1S/C20H23N3O3S/c1-15(2)23(4)27(25,26)19-11-9-18(10-12-19)20(24)22(3)14-17-7-5-16(13-21)6-8-17/h5-12,15H,14H2,1-4H3. The van der Waals surface area contributed by atoms with E-state index in [1.54, 1.807) is 50.1 Å². The molecule has 0 aliphatic heterocycles. The van der Waals surface area contributed by atoms with Crippen LogP contribution in [0.5, 0.6) is 0 Å². The van der Waals surface area contributed by atoms with Gasteiger partial charge in [0.2, 0.25) is 10.0 Å². The summed E-state index contributed by atoms with van der Waals surface area (Å²) in [5, 5.41) is 8.83. The van der Waals surface area contributed by atoms with Crippen molar-refractivity contribution in [3.63, 3.8) is 0 Å². The summed E-state index contributed by atoms with van der Waals surface area (Å²) >= 11 is 0. The third kappa shape index (κ3) is 4.73. The van der Waals surface area contributed by atoms with Crippen molar-refractivity contribution >= 4 is 15.9 Å². The van der Waals surface area contributed by atoms with E-state index in [0.29, 0.717) is 17.7 Å². The Hall–Kier alpha value is -2.69. The number of carbonyl (C=O) groups is 1. The van der Waals surface area contributed by atoms with Gasteiger partial charge in [-0.05, 0) is 55.8 Å². The van der Waals surface area contributed by atoms with Crippen LogP contribution in [0.4, 0.5) is 0 Å². The average Bonchev–Trinajstić information content (AvgIpc) is 2.67. The number of rotatable bonds is 6. The molecule has 0 radical (unpaired) electrons. The van der Waals surface area contributed by atoms with Crippen LogP contribution in [-0.2, 0) is 16.6 Å². The second-order valence-corrected chi connectivity index (χ2v) is 8.61. The highest BCUT2D eigenvalue weighted by Crippen LogP contribution is 2.18. The number of nitriles is 1. The number of benzene rings is 2. The van der Waals surface area contributed by atoms with E-state index < -0.39 is 10.0 Å². The zero-order valence-corrected chi connectivity index (χ0v) is 16.7. The van der Waals surface area contributed by atoms with Gasteiger partial charge in [0.15, 0.2) is 0 Å². The van der Waals surface area contributed by atoms with Crippen LogP contribution in [0.2, 0.25) is 0 Å². The van der Waals surface area contributed by atoms with Crippen molar-refractivity contribution in [2.24, 2.45) is 0 Å². The zero-order valence-electron chi connectivity index (χ0n) is 15.9. The minimum atomic E-state index is -3.57. The molecule has 0 bridgehead atoms. The molecule has 2 aromatic carbocycles. The second-order valence-electron chi connectivity index (χ2n) is 6.61. The number of hydrogen-bond acceptors (Lipinski definition) is 4. The summed E-state index contributed by atoms with van der Waals surface area (Å²) in [6, 6.07) is 14.9. The van der Waals surface area contributed by atoms with E-state index in [0.717, 1.165) is 5.56 Å². The van der Waals surface area contributed by atoms with E-state index in [-0.39, 0.29) is 16.8 Å². The van der Waals surface area contributed by atoms with Crippen LogP contribution in [0, 0.1) is 11.3 Å². The molecule has 0 N–H and O–H groups in total. The number of hydrogen-bond donors (Lipinski definition) is 0. The van der Waals surface area contributed by atoms with E-state index in [4.69, 9.17) is 5.26 Å². The summed E-state index contributed by atoms with van der Waals surface area (Å²) in [7, 11) is -0.364. The Kier molecular flexibility index (Phi) is 6.37. The van der Waals surface area contributed by atoms with Crippen molar-refractivity contribution in [2.45, 2.75) is 31.3 Å². The van der Waals surface area contributed by atoms with E-state index in [1.807, 2.05) is 0 Å². The third-order valence-electron chi connectivity index (χ3n) is 4.35. The lowest BCUT2D eigenvalue weighted by Crippen LogP contribution is -2.33. The molecule has 0 aliphatic rings. The Bertz CT molecular complexity index is 943. The summed E-state index contributed by atoms with van der Waals surface area (Å²) in [5.74, 6) is -0.208. The van der Waals surface area contributed by atoms with Gasteiger partial charge in [0.25, 0.3) is 5.91 Å². The van der Waals surface area contributed by atoms with Crippen LogP contribution in [0.25, 0.3) is 0 Å². The maximum Gasteiger partial charge on any atom is 0.253 e. The fraction of sp³-hybridized carbons (Fsp3) is 0.300. The SMILES string of the molecule is CC(C)N(C)S(=O)(=O)c1ccc(C(=O)N(C)Cc2ccc(C#N)cc2)cc1. The van der Waals surface area contributed by atoms with Gasteiger partial charge in [-0.25, -0.2) is 8.42 Å². The fourth-order valence-corrected chi connectivity index (χ4v) is 3.83. The summed E-state index contributed by atoms with van der Waals surface area (Å²) < 4.78 is 26.3. The molecule has 142 valence electrons. The normalized spacial score (nSPS) is 11.4. The number of amides is 1. The van der Waals surface area contributed by atoms with Crippen LogP contribution in [0.15, 0.2) is 53.4 Å². The van der Waals surface area contributed by atoms with Crippen LogP contribution >= 0.6 is 0 Å². The van der Waals surface area contributed by atoms with Gasteiger partial charge in [-0.3, -0.25) is 4.79 Å². The first-order valence-electron chi connectivity index (χ1n) is 8.49. The predicted octanol–water partition coefficient (Wildman–Crippen LogP) is 2.86. The topological polar surface area (TPSA) is 81.5 Å². The Morgan fingerprint density at radius 3 is 2.07 bits per heavy atom. The van der Waals surface area contributed by atoms with Crippen molar-refractivity contribution in [2.75, 3.05) is 14.1 Å². The predicted molar refractivity (Wildman–Crippen MR) is 103 cm³/mol. The highest BCUT2D eigenvalue weighted by atomic mass is 32.2. The zero-order chi connectivity index (χ0) is 20.2. The van der Waals surface area contributed by atoms with Gasteiger partial charge in [0, 0.05) is 32.2 Å². The first kappa shape index (κ1) is 20.6. The first-order valence-corrected chi connectivity index (χ1v) is 9.93. The quantitative estimate of drug-likeness (QED) is 0.766. The molecule has 0 saturated heterocycles. The average molecular weight is 385 g/mol. The molecule has 7 heteroatoms. The molecule has 1 amide bonds. The maximum absolute atomic E-state index is 12.6. The van der Waals surface area contributed by atoms with Crippen LogP contribution < -0.4 is 0 Å². The molecule has 0 aliphatic carbocycles. The van der Waals surface area contributed by atoms with Gasteiger partial charge < -0.3 is 4.90 Å². The molecular weight excluding hydrogens is 362 g/mol. The van der Waals surface area contributed by atoms with Gasteiger partial charge in [0.05, 0.1) is 16.5 Å². The van der Waals surface area contributed by atoms with E-state index in [9.17, 15) is 13.2 Å². The Balaban J connectivity index is 2.13. The van der Waals surface area contributed by atoms with E-state index in [1.165, 1.54) is 35.6 Å². The summed E-state index contributed by atoms with van der Waals surface area (Å²) in [4.78, 5) is 14.3. The first-order chi connectivity index (χ1) is 12.7. The molecule has 2 rings (SSSR count). The molecule has 0 heterocycles. The largest absolute Gasteiger partial charge is 0.337 e. The van der Waals surface area contributed by atoms with Crippen molar-refractivity contribution in [1.29, 1.82) is 5.26 Å². The monoisotopic (exact) mass is 385 g/mol. The lowest BCUT2D eigenvalue weighted by Gasteiger charge is -2.21. The summed E-state index contributed by atoms with van der Waals surface area (Å²) in [6.45, 7) is 3.99. The number of sulfonamides is 1. The van der Waals surface area contributed by atoms with Crippen LogP contribution in [0.3, 0.4) is 0 Å². The Labute approximate surface area is 160 Å². The van der Waals surface area contributed by atoms with E-state index in [2.05, 4.69) is 6.07 Å². The van der Waals surface area contributed by atoms with Crippen molar-refractivity contribution in [3.05, 3.63) is 65.2 Å². The summed E-state index contributed by atoms with van der Waals surface area (Å²) in [6.07, 6.45) is 0. The van der Waals surface area contributed by atoms with Gasteiger partial charge in [0.1, 0.15) is 0 Å². The fourth-order valence-electron chi connectivity index (χ4n) is 2.46. The molecule has 2 aromatic rings. The highest BCUT2D eigenvalue weighted by Gasteiger charge is 2.23. The van der Waals surface area contributed by atoms with E-state index >= 15 is 0 Å². The van der Waals surface area contributed by atoms with Gasteiger partial charge >= 0.3 is 0 Å². The minimum absolute atomic E-state index is 0.157. The van der Waals surface area contributed by atoms with Crippen molar-refractivity contribution in [3.8, 4) is 6.07 Å². The molecule has 27 heavy (non-hydrogen) atoms. The molecule has 0 aromatic heterocycles. The Morgan fingerprint density at radius 1 is 1.04 bits per heavy atom. The Morgan fingerprint density at radius 2 is 1.59 bits per heavy atom. The van der Waals surface area contributed by atoms with Crippen molar-refractivity contribution in [1.82, 2.24) is 9.21 Å². The van der Waals surface area contributed by atoms with Crippen LogP contribution in [-0.4, -0.2) is 43.7 Å². The van der Waals surface area contributed by atoms with Crippen LogP contribution in [0.1, 0.15) is 35.3 Å². The molecule has 6 nitrogen and oxygen atoms in total. The van der Waals surface area contributed by atoms with Gasteiger partial charge in [-0.2, -0.15) is 9.57 Å². The second kappa shape index (κ2) is 8.33. The molecule has 0 spiro atoms. The molecular formula is C20H23N3O3S. The van der Waals surface area contributed by atoms with Crippen molar-refractivity contribution < 1.29 is 13.2 Å². The lowest BCUT2D eigenvalue weighted by atomic mass is 10.1. The molecule has 0 unspecified atom stereocenters. The van der Waals surface area contributed by atoms with Gasteiger partial charge in [-0.15, -0.1) is 0 Å². The third-order valence-corrected chi connectivity index (χ3v) is 6.40. The highest BCUT2D eigenvalue weighted by molar-refractivity contribution is 7.89. The maximum atomic E-state index is 12.6. The van der Waals surface area contributed by atoms with Gasteiger partial charge in [-0.1, -0.05) is 12.1 Å². The molecule has 0 fully saturated rings.